The number of hydrogen-bond acceptors (Lipinski definition) is 5. The second-order valence-corrected chi connectivity index (χ2v) is 7.03. The molecule has 2 aromatic carbocycles. The minimum absolute atomic E-state index is 0.205. The molecule has 1 aliphatic rings. The van der Waals surface area contributed by atoms with Crippen molar-refractivity contribution in [3.8, 4) is 5.69 Å². The minimum Gasteiger partial charge on any atom is -0.297 e. The van der Waals surface area contributed by atoms with Gasteiger partial charge in [0.05, 0.1) is 5.69 Å². The molecular formula is C20H24N6O. The summed E-state index contributed by atoms with van der Waals surface area (Å²) in [5, 5.41) is 8.06. The average molecular weight is 364 g/mol. The number of benzene rings is 2. The molecule has 0 radical (unpaired) electrons. The average Bonchev–Trinajstić information content (AvgIpc) is 3.04. The Morgan fingerprint density at radius 3 is 2.37 bits per heavy atom. The first-order chi connectivity index (χ1) is 13.2. The van der Waals surface area contributed by atoms with E-state index in [1.54, 1.807) is 0 Å². The summed E-state index contributed by atoms with van der Waals surface area (Å²) in [5.41, 5.74) is 3.18. The van der Waals surface area contributed by atoms with E-state index in [0.29, 0.717) is 6.67 Å². The maximum atomic E-state index is 12.5. The number of aromatic nitrogens is 4. The van der Waals surface area contributed by atoms with Gasteiger partial charge in [0.2, 0.25) is 0 Å². The Balaban J connectivity index is 1.35. The summed E-state index contributed by atoms with van der Waals surface area (Å²) in [6, 6.07) is 18.0. The highest BCUT2D eigenvalue weighted by Crippen LogP contribution is 2.10. The zero-order chi connectivity index (χ0) is 18.6. The second kappa shape index (κ2) is 7.85. The molecule has 1 aromatic heterocycles. The van der Waals surface area contributed by atoms with Gasteiger partial charge in [0, 0.05) is 32.7 Å². The monoisotopic (exact) mass is 364 g/mol. The Kier molecular flexibility index (Phi) is 5.13. The van der Waals surface area contributed by atoms with Crippen LogP contribution in [0.25, 0.3) is 5.69 Å². The van der Waals surface area contributed by atoms with Crippen LogP contribution in [-0.2, 0) is 13.2 Å². The predicted octanol–water partition coefficient (Wildman–Crippen LogP) is 1.51. The molecule has 2 heterocycles. The molecule has 27 heavy (non-hydrogen) atoms. The van der Waals surface area contributed by atoms with Gasteiger partial charge in [-0.25, -0.2) is 4.79 Å². The molecule has 1 fully saturated rings. The van der Waals surface area contributed by atoms with Crippen molar-refractivity contribution >= 4 is 0 Å². The van der Waals surface area contributed by atoms with E-state index in [9.17, 15) is 4.79 Å². The smallest absolute Gasteiger partial charge is 0.297 e. The molecule has 7 nitrogen and oxygen atoms in total. The summed E-state index contributed by atoms with van der Waals surface area (Å²) in [6.07, 6.45) is 0. The van der Waals surface area contributed by atoms with Crippen LogP contribution in [-0.4, -0.2) is 55.8 Å². The largest absolute Gasteiger partial charge is 0.369 e. The molecule has 0 atom stereocenters. The summed E-state index contributed by atoms with van der Waals surface area (Å²) in [6.45, 7) is 7.36. The molecule has 4 rings (SSSR count). The summed E-state index contributed by atoms with van der Waals surface area (Å²) in [7, 11) is 0. The van der Waals surface area contributed by atoms with E-state index in [0.717, 1.165) is 38.4 Å². The van der Waals surface area contributed by atoms with Crippen LogP contribution in [0.4, 0.5) is 0 Å². The molecule has 7 heteroatoms. The van der Waals surface area contributed by atoms with Crippen molar-refractivity contribution in [1.29, 1.82) is 0 Å². The zero-order valence-corrected chi connectivity index (χ0v) is 15.5. The number of hydrogen-bond donors (Lipinski definition) is 0. The first kappa shape index (κ1) is 17.6. The highest BCUT2D eigenvalue weighted by molar-refractivity contribution is 5.28. The van der Waals surface area contributed by atoms with Gasteiger partial charge in [0.25, 0.3) is 0 Å². The van der Waals surface area contributed by atoms with Crippen molar-refractivity contribution in [2.24, 2.45) is 0 Å². The fourth-order valence-corrected chi connectivity index (χ4v) is 3.44. The molecule has 0 aliphatic carbocycles. The van der Waals surface area contributed by atoms with Crippen LogP contribution in [0.15, 0.2) is 59.4 Å². The lowest BCUT2D eigenvalue weighted by Crippen LogP contribution is -2.47. The van der Waals surface area contributed by atoms with Crippen LogP contribution >= 0.6 is 0 Å². The molecule has 1 saturated heterocycles. The number of nitrogens with zero attached hydrogens (tertiary/aromatic N) is 6. The fourth-order valence-electron chi connectivity index (χ4n) is 3.44. The third kappa shape index (κ3) is 4.15. The van der Waals surface area contributed by atoms with Gasteiger partial charge >= 0.3 is 5.69 Å². The van der Waals surface area contributed by atoms with Crippen LogP contribution in [0, 0.1) is 6.92 Å². The molecule has 0 spiro atoms. The molecule has 0 unspecified atom stereocenters. The summed E-state index contributed by atoms with van der Waals surface area (Å²) in [5.74, 6) is 0. The predicted molar refractivity (Wildman–Crippen MR) is 104 cm³/mol. The topological polar surface area (TPSA) is 59.2 Å². The maximum Gasteiger partial charge on any atom is 0.369 e. The third-order valence-electron chi connectivity index (χ3n) is 4.93. The van der Waals surface area contributed by atoms with Gasteiger partial charge in [-0.2, -0.15) is 9.36 Å². The summed E-state index contributed by atoms with van der Waals surface area (Å²) < 4.78 is 2.78. The second-order valence-electron chi connectivity index (χ2n) is 7.03. The first-order valence-corrected chi connectivity index (χ1v) is 9.27. The molecule has 0 amide bonds. The lowest BCUT2D eigenvalue weighted by molar-refractivity contribution is 0.0968. The Bertz CT molecular complexity index is 940. The standard InChI is InChI=1S/C20H24N6O/c1-17-6-5-7-18(14-17)15-23-10-12-24(13-11-23)16-25-20(27)26(22-21-25)19-8-3-2-4-9-19/h2-9,14H,10-13,15-16H2,1H3. The summed E-state index contributed by atoms with van der Waals surface area (Å²) >= 11 is 0. The van der Waals surface area contributed by atoms with Crippen LogP contribution in [0.2, 0.25) is 0 Å². The Morgan fingerprint density at radius 2 is 1.63 bits per heavy atom. The van der Waals surface area contributed by atoms with Crippen molar-refractivity contribution in [3.63, 3.8) is 0 Å². The number of tetrazole rings is 1. The normalized spacial score (nSPS) is 15.9. The van der Waals surface area contributed by atoms with E-state index in [1.807, 2.05) is 30.3 Å². The van der Waals surface area contributed by atoms with E-state index >= 15 is 0 Å². The highest BCUT2D eigenvalue weighted by atomic mass is 16.2. The van der Waals surface area contributed by atoms with E-state index in [1.165, 1.54) is 20.5 Å². The van der Waals surface area contributed by atoms with Crippen LogP contribution in [0.1, 0.15) is 11.1 Å². The minimum atomic E-state index is -0.205. The molecule has 0 saturated carbocycles. The first-order valence-electron chi connectivity index (χ1n) is 9.27. The molecule has 0 N–H and O–H groups in total. The molecule has 0 bridgehead atoms. The lowest BCUT2D eigenvalue weighted by Gasteiger charge is -2.34. The van der Waals surface area contributed by atoms with Crippen LogP contribution < -0.4 is 5.69 Å². The van der Waals surface area contributed by atoms with Crippen molar-refractivity contribution in [2.75, 3.05) is 26.2 Å². The number of rotatable bonds is 5. The van der Waals surface area contributed by atoms with Crippen molar-refractivity contribution in [2.45, 2.75) is 20.1 Å². The van der Waals surface area contributed by atoms with Gasteiger partial charge in [-0.3, -0.25) is 9.80 Å². The zero-order valence-electron chi connectivity index (χ0n) is 15.5. The SMILES string of the molecule is Cc1cccc(CN2CCN(Cn3nnn(-c4ccccc4)c3=O)CC2)c1. The van der Waals surface area contributed by atoms with Crippen LogP contribution in [0.5, 0.6) is 0 Å². The van der Waals surface area contributed by atoms with Gasteiger partial charge < -0.3 is 0 Å². The summed E-state index contributed by atoms with van der Waals surface area (Å²) in [4.78, 5) is 17.2. The van der Waals surface area contributed by atoms with E-state index in [4.69, 9.17) is 0 Å². The number of piperazine rings is 1. The van der Waals surface area contributed by atoms with Crippen molar-refractivity contribution < 1.29 is 0 Å². The third-order valence-corrected chi connectivity index (χ3v) is 4.93. The van der Waals surface area contributed by atoms with Gasteiger partial charge in [0.15, 0.2) is 0 Å². The van der Waals surface area contributed by atoms with Gasteiger partial charge in [-0.15, -0.1) is 0 Å². The Morgan fingerprint density at radius 1 is 0.889 bits per heavy atom. The van der Waals surface area contributed by atoms with Crippen LogP contribution in [0.3, 0.4) is 0 Å². The Labute approximate surface area is 158 Å². The molecule has 1 aliphatic heterocycles. The van der Waals surface area contributed by atoms with Gasteiger partial charge in [-0.05, 0) is 35.0 Å². The number of para-hydroxylation sites is 1. The fraction of sp³-hybridized carbons (Fsp3) is 0.350. The van der Waals surface area contributed by atoms with E-state index in [2.05, 4.69) is 51.4 Å². The van der Waals surface area contributed by atoms with Crippen molar-refractivity contribution in [1.82, 2.24) is 29.6 Å². The lowest BCUT2D eigenvalue weighted by atomic mass is 10.1. The maximum absolute atomic E-state index is 12.5. The van der Waals surface area contributed by atoms with Gasteiger partial charge in [0.1, 0.15) is 6.67 Å². The van der Waals surface area contributed by atoms with E-state index < -0.39 is 0 Å². The van der Waals surface area contributed by atoms with E-state index in [-0.39, 0.29) is 5.69 Å². The Hall–Kier alpha value is -2.77. The molecule has 3 aromatic rings. The number of aryl methyl sites for hydroxylation is 1. The molecule has 140 valence electrons. The van der Waals surface area contributed by atoms with Crippen molar-refractivity contribution in [3.05, 3.63) is 76.2 Å². The highest BCUT2D eigenvalue weighted by Gasteiger charge is 2.19. The van der Waals surface area contributed by atoms with Gasteiger partial charge in [-0.1, -0.05) is 48.0 Å². The quantitative estimate of drug-likeness (QED) is 0.687. The molecular weight excluding hydrogens is 340 g/mol.